The Morgan fingerprint density at radius 1 is 1.45 bits per heavy atom. The summed E-state index contributed by atoms with van der Waals surface area (Å²) in [5, 5.41) is 18.7. The van der Waals surface area contributed by atoms with Gasteiger partial charge in [-0.05, 0) is 16.8 Å². The first-order valence-electron chi connectivity index (χ1n) is 6.12. The predicted octanol–water partition coefficient (Wildman–Crippen LogP) is 2.98. The summed E-state index contributed by atoms with van der Waals surface area (Å²) >= 11 is 1.04. The quantitative estimate of drug-likeness (QED) is 0.692. The van der Waals surface area contributed by atoms with E-state index < -0.39 is 4.92 Å². The molecule has 108 valence electrons. The van der Waals surface area contributed by atoms with E-state index in [-0.39, 0.29) is 16.5 Å². The van der Waals surface area contributed by atoms with Gasteiger partial charge in [0.15, 0.2) is 5.13 Å². The van der Waals surface area contributed by atoms with Crippen molar-refractivity contribution in [2.75, 3.05) is 5.32 Å². The fraction of sp³-hybridized carbons (Fsp3) is 0.500. The lowest BCUT2D eigenvalue weighted by atomic mass is 9.83. The van der Waals surface area contributed by atoms with Crippen molar-refractivity contribution < 1.29 is 4.92 Å². The van der Waals surface area contributed by atoms with Gasteiger partial charge in [0.1, 0.15) is 6.20 Å². The number of hydrogen-bond acceptors (Lipinski definition) is 6. The van der Waals surface area contributed by atoms with Crippen molar-refractivity contribution in [2.24, 2.45) is 12.5 Å². The summed E-state index contributed by atoms with van der Waals surface area (Å²) in [4.78, 5) is 14.3. The van der Waals surface area contributed by atoms with Gasteiger partial charge >= 0.3 is 5.00 Å². The van der Waals surface area contributed by atoms with Gasteiger partial charge in [0, 0.05) is 18.8 Å². The van der Waals surface area contributed by atoms with Crippen LogP contribution in [-0.2, 0) is 7.05 Å². The minimum atomic E-state index is -0.432. The number of aromatic nitrogens is 3. The van der Waals surface area contributed by atoms with Crippen molar-refractivity contribution in [2.45, 2.75) is 26.8 Å². The molecule has 2 heterocycles. The van der Waals surface area contributed by atoms with E-state index in [0.717, 1.165) is 16.9 Å². The zero-order valence-corrected chi connectivity index (χ0v) is 12.6. The van der Waals surface area contributed by atoms with E-state index in [2.05, 4.69) is 36.2 Å². The molecule has 2 rings (SSSR count). The average Bonchev–Trinajstić information content (AvgIpc) is 2.93. The van der Waals surface area contributed by atoms with E-state index in [4.69, 9.17) is 0 Å². The molecule has 20 heavy (non-hydrogen) atoms. The topological polar surface area (TPSA) is 85.9 Å². The van der Waals surface area contributed by atoms with Gasteiger partial charge in [-0.3, -0.25) is 14.8 Å². The minimum Gasteiger partial charge on any atom is -0.354 e. The zero-order valence-electron chi connectivity index (χ0n) is 11.8. The largest absolute Gasteiger partial charge is 0.354 e. The lowest BCUT2D eigenvalue weighted by molar-refractivity contribution is -0.380. The Bertz CT molecular complexity index is 613. The number of nitrogens with zero attached hydrogens (tertiary/aromatic N) is 4. The van der Waals surface area contributed by atoms with Gasteiger partial charge in [-0.15, -0.1) is 0 Å². The number of rotatable bonds is 4. The van der Waals surface area contributed by atoms with Crippen LogP contribution in [0.2, 0.25) is 0 Å². The summed E-state index contributed by atoms with van der Waals surface area (Å²) in [5.74, 6) is 0. The Hall–Kier alpha value is -1.96. The second-order valence-corrected chi connectivity index (χ2v) is 6.66. The Kier molecular flexibility index (Phi) is 3.76. The first-order chi connectivity index (χ1) is 9.27. The van der Waals surface area contributed by atoms with Crippen LogP contribution < -0.4 is 5.32 Å². The standard InChI is InChI=1S/C12H17N5O2S/c1-12(2,3)10(8-5-14-16(4)7-8)15-11-13-6-9(20-11)17(18)19/h5-7,10H,1-4H3,(H,13,15). The number of hydrogen-bond donors (Lipinski definition) is 1. The van der Waals surface area contributed by atoms with Gasteiger partial charge in [0.2, 0.25) is 0 Å². The molecule has 0 radical (unpaired) electrons. The highest BCUT2D eigenvalue weighted by Gasteiger charge is 2.28. The van der Waals surface area contributed by atoms with Gasteiger partial charge in [0.25, 0.3) is 0 Å². The summed E-state index contributed by atoms with van der Waals surface area (Å²) in [6.07, 6.45) is 5.01. The minimum absolute atomic E-state index is 0.0260. The van der Waals surface area contributed by atoms with Crippen molar-refractivity contribution in [3.63, 3.8) is 0 Å². The summed E-state index contributed by atoms with van der Waals surface area (Å²) < 4.78 is 1.74. The molecule has 7 nitrogen and oxygen atoms in total. The highest BCUT2D eigenvalue weighted by Crippen LogP contribution is 2.37. The molecule has 0 spiro atoms. The molecular formula is C12H17N5O2S. The third-order valence-corrected chi connectivity index (χ3v) is 3.75. The lowest BCUT2D eigenvalue weighted by Crippen LogP contribution is -2.25. The van der Waals surface area contributed by atoms with Gasteiger partial charge in [0.05, 0.1) is 17.2 Å². The van der Waals surface area contributed by atoms with Crippen LogP contribution in [0.1, 0.15) is 32.4 Å². The van der Waals surface area contributed by atoms with Crippen molar-refractivity contribution >= 4 is 21.5 Å². The molecule has 0 saturated carbocycles. The number of nitro groups is 1. The molecule has 1 unspecified atom stereocenters. The molecule has 2 aromatic heterocycles. The highest BCUT2D eigenvalue weighted by molar-refractivity contribution is 7.18. The van der Waals surface area contributed by atoms with E-state index >= 15 is 0 Å². The van der Waals surface area contributed by atoms with E-state index in [9.17, 15) is 10.1 Å². The van der Waals surface area contributed by atoms with Crippen molar-refractivity contribution in [1.29, 1.82) is 0 Å². The van der Waals surface area contributed by atoms with Crippen LogP contribution in [0.5, 0.6) is 0 Å². The Labute approximate surface area is 120 Å². The van der Waals surface area contributed by atoms with Gasteiger partial charge in [-0.25, -0.2) is 4.98 Å². The average molecular weight is 295 g/mol. The number of aryl methyl sites for hydroxylation is 1. The third-order valence-electron chi connectivity index (χ3n) is 2.87. The number of nitrogens with one attached hydrogen (secondary N) is 1. The lowest BCUT2D eigenvalue weighted by Gasteiger charge is -2.30. The maximum Gasteiger partial charge on any atom is 0.345 e. The molecule has 2 aromatic rings. The van der Waals surface area contributed by atoms with E-state index in [1.54, 1.807) is 10.9 Å². The third kappa shape index (κ3) is 3.13. The first-order valence-corrected chi connectivity index (χ1v) is 6.94. The van der Waals surface area contributed by atoms with Crippen LogP contribution in [0.4, 0.5) is 10.1 Å². The predicted molar refractivity (Wildman–Crippen MR) is 77.8 cm³/mol. The molecule has 8 heteroatoms. The van der Waals surface area contributed by atoms with Crippen LogP contribution in [0.3, 0.4) is 0 Å². The molecular weight excluding hydrogens is 278 g/mol. The monoisotopic (exact) mass is 295 g/mol. The van der Waals surface area contributed by atoms with E-state index in [1.165, 1.54) is 6.20 Å². The molecule has 0 fully saturated rings. The zero-order chi connectivity index (χ0) is 14.9. The SMILES string of the molecule is Cn1cc(C(Nc2ncc([N+](=O)[O-])s2)C(C)(C)C)cn1. The van der Waals surface area contributed by atoms with Crippen molar-refractivity contribution in [3.8, 4) is 0 Å². The van der Waals surface area contributed by atoms with Crippen molar-refractivity contribution in [3.05, 3.63) is 34.3 Å². The van der Waals surface area contributed by atoms with Crippen LogP contribution in [0, 0.1) is 15.5 Å². The smallest absolute Gasteiger partial charge is 0.345 e. The van der Waals surface area contributed by atoms with Crippen LogP contribution >= 0.6 is 11.3 Å². The van der Waals surface area contributed by atoms with Gasteiger partial charge in [-0.2, -0.15) is 5.10 Å². The number of thiazole rings is 1. The molecule has 0 bridgehead atoms. The van der Waals surface area contributed by atoms with Crippen LogP contribution in [-0.4, -0.2) is 19.7 Å². The molecule has 0 aromatic carbocycles. The fourth-order valence-corrected chi connectivity index (χ4v) is 2.59. The maximum absolute atomic E-state index is 10.7. The molecule has 0 aliphatic rings. The number of anilines is 1. The second kappa shape index (κ2) is 5.20. The molecule has 1 atom stereocenters. The van der Waals surface area contributed by atoms with Crippen LogP contribution in [0.25, 0.3) is 0 Å². The maximum atomic E-state index is 10.7. The molecule has 0 aliphatic carbocycles. The fourth-order valence-electron chi connectivity index (χ4n) is 1.93. The Balaban J connectivity index is 2.26. The second-order valence-electron chi connectivity index (χ2n) is 5.65. The summed E-state index contributed by atoms with van der Waals surface area (Å²) in [5.41, 5.74) is 0.946. The molecule has 0 saturated heterocycles. The van der Waals surface area contributed by atoms with Gasteiger partial charge in [-0.1, -0.05) is 20.8 Å². The highest BCUT2D eigenvalue weighted by atomic mass is 32.1. The molecule has 0 amide bonds. The normalized spacial score (nSPS) is 13.2. The molecule has 0 aliphatic heterocycles. The Morgan fingerprint density at radius 3 is 2.60 bits per heavy atom. The van der Waals surface area contributed by atoms with E-state index in [0.29, 0.717) is 5.13 Å². The van der Waals surface area contributed by atoms with E-state index in [1.807, 2.05) is 13.2 Å². The van der Waals surface area contributed by atoms with Crippen LogP contribution in [0.15, 0.2) is 18.6 Å². The summed E-state index contributed by atoms with van der Waals surface area (Å²) in [7, 11) is 1.86. The van der Waals surface area contributed by atoms with Gasteiger partial charge < -0.3 is 5.32 Å². The molecule has 1 N–H and O–H groups in total. The summed E-state index contributed by atoms with van der Waals surface area (Å²) in [6, 6.07) is -0.0260. The van der Waals surface area contributed by atoms with Crippen molar-refractivity contribution in [1.82, 2.24) is 14.8 Å². The summed E-state index contributed by atoms with van der Waals surface area (Å²) in [6.45, 7) is 6.29. The first kappa shape index (κ1) is 14.4. The Morgan fingerprint density at radius 2 is 2.15 bits per heavy atom.